The molecule has 0 spiro atoms. The van der Waals surface area contributed by atoms with Gasteiger partial charge in [0.25, 0.3) is 5.91 Å². The number of hydrogen-bond acceptors (Lipinski definition) is 3. The minimum atomic E-state index is 0.0928. The lowest BCUT2D eigenvalue weighted by Gasteiger charge is -2.24. The third-order valence-corrected chi connectivity index (χ3v) is 3.37. The Kier molecular flexibility index (Phi) is 7.05. The second-order valence-corrected chi connectivity index (χ2v) is 4.90. The van der Waals surface area contributed by atoms with Crippen LogP contribution in [-0.2, 0) is 0 Å². The maximum Gasteiger partial charge on any atom is 0.255 e. The van der Waals surface area contributed by atoms with Gasteiger partial charge in [-0.05, 0) is 32.8 Å². The van der Waals surface area contributed by atoms with Crippen LogP contribution in [0.3, 0.4) is 0 Å². The summed E-state index contributed by atoms with van der Waals surface area (Å²) in [6, 6.07) is 1.96. The van der Waals surface area contributed by atoms with Crippen molar-refractivity contribution in [2.75, 3.05) is 31.1 Å². The molecule has 0 unspecified atom stereocenters. The van der Waals surface area contributed by atoms with Crippen LogP contribution in [0, 0.1) is 0 Å². The highest BCUT2D eigenvalue weighted by molar-refractivity contribution is 5.94. The molecule has 0 saturated carbocycles. The van der Waals surface area contributed by atoms with Crippen molar-refractivity contribution in [2.45, 2.75) is 40.5 Å². The van der Waals surface area contributed by atoms with Gasteiger partial charge in [0, 0.05) is 32.4 Å². The van der Waals surface area contributed by atoms with Crippen molar-refractivity contribution < 1.29 is 4.79 Å². The highest BCUT2D eigenvalue weighted by Crippen LogP contribution is 2.16. The molecule has 0 saturated heterocycles. The fourth-order valence-corrected chi connectivity index (χ4v) is 2.34. The second kappa shape index (κ2) is 8.56. The predicted octanol–water partition coefficient (Wildman–Crippen LogP) is 3.19. The molecule has 4 heteroatoms. The van der Waals surface area contributed by atoms with Gasteiger partial charge in [-0.3, -0.25) is 9.78 Å². The Hall–Kier alpha value is -1.58. The molecule has 0 aliphatic rings. The molecule has 0 aliphatic carbocycles. The van der Waals surface area contributed by atoms with Gasteiger partial charge in [-0.2, -0.15) is 0 Å². The molecule has 1 aromatic rings. The minimum Gasteiger partial charge on any atom is -0.371 e. The summed E-state index contributed by atoms with van der Waals surface area (Å²) in [6.07, 6.45) is 5.46. The fourth-order valence-electron chi connectivity index (χ4n) is 2.34. The summed E-state index contributed by atoms with van der Waals surface area (Å²) in [4.78, 5) is 20.9. The van der Waals surface area contributed by atoms with Crippen LogP contribution < -0.4 is 4.90 Å². The molecule has 1 rings (SSSR count). The largest absolute Gasteiger partial charge is 0.371 e. The molecule has 0 radical (unpaired) electrons. The first kappa shape index (κ1) is 16.5. The molecule has 4 nitrogen and oxygen atoms in total. The zero-order valence-corrected chi connectivity index (χ0v) is 13.2. The Labute approximate surface area is 122 Å². The summed E-state index contributed by atoms with van der Waals surface area (Å²) < 4.78 is 0. The fraction of sp³-hybridized carbons (Fsp3) is 0.625. The molecular formula is C16H27N3O. The Morgan fingerprint density at radius 1 is 1.05 bits per heavy atom. The summed E-state index contributed by atoms with van der Waals surface area (Å²) in [5.74, 6) is 0.0928. The van der Waals surface area contributed by atoms with Gasteiger partial charge in [0.05, 0.1) is 17.4 Å². The van der Waals surface area contributed by atoms with Gasteiger partial charge in [0.15, 0.2) is 0 Å². The lowest BCUT2D eigenvalue weighted by molar-refractivity contribution is 0.0755. The summed E-state index contributed by atoms with van der Waals surface area (Å²) >= 11 is 0. The number of carbonyl (C=O) groups excluding carboxylic acids is 1. The first-order valence-electron chi connectivity index (χ1n) is 7.67. The molecule has 112 valence electrons. The molecule has 0 bridgehead atoms. The number of anilines is 1. The Balaban J connectivity index is 2.94. The van der Waals surface area contributed by atoms with Crippen molar-refractivity contribution in [3.8, 4) is 0 Å². The number of carbonyl (C=O) groups is 1. The molecule has 1 amide bonds. The van der Waals surface area contributed by atoms with E-state index >= 15 is 0 Å². The molecule has 1 aromatic heterocycles. The van der Waals surface area contributed by atoms with Crippen LogP contribution in [-0.4, -0.2) is 42.0 Å². The summed E-state index contributed by atoms with van der Waals surface area (Å²) in [5.41, 5.74) is 1.71. The molecule has 0 fully saturated rings. The van der Waals surface area contributed by atoms with Crippen LogP contribution in [0.4, 0.5) is 5.69 Å². The third-order valence-electron chi connectivity index (χ3n) is 3.37. The van der Waals surface area contributed by atoms with Crippen molar-refractivity contribution in [2.24, 2.45) is 0 Å². The zero-order valence-electron chi connectivity index (χ0n) is 13.2. The maximum atomic E-state index is 12.5. The Morgan fingerprint density at radius 2 is 1.65 bits per heavy atom. The van der Waals surface area contributed by atoms with Crippen molar-refractivity contribution in [1.29, 1.82) is 0 Å². The number of aromatic nitrogens is 1. The van der Waals surface area contributed by atoms with Crippen molar-refractivity contribution in [3.05, 3.63) is 24.0 Å². The van der Waals surface area contributed by atoms with Crippen molar-refractivity contribution in [1.82, 2.24) is 9.88 Å². The summed E-state index contributed by atoms with van der Waals surface area (Å²) in [7, 11) is 0. The SMILES string of the molecule is CCCN(CCC)C(=O)c1cncc(N(CC)CC)c1. The molecule has 1 heterocycles. The number of hydrogen-bond donors (Lipinski definition) is 0. The van der Waals surface area contributed by atoms with E-state index in [2.05, 4.69) is 37.6 Å². The van der Waals surface area contributed by atoms with E-state index in [9.17, 15) is 4.79 Å². The van der Waals surface area contributed by atoms with Gasteiger partial charge in [-0.1, -0.05) is 13.8 Å². The van der Waals surface area contributed by atoms with Crippen LogP contribution in [0.1, 0.15) is 50.9 Å². The van der Waals surface area contributed by atoms with E-state index in [1.165, 1.54) is 0 Å². The number of pyridine rings is 1. The van der Waals surface area contributed by atoms with Crippen molar-refractivity contribution >= 4 is 11.6 Å². The van der Waals surface area contributed by atoms with E-state index in [0.29, 0.717) is 5.56 Å². The van der Waals surface area contributed by atoms with Crippen LogP contribution in [0.25, 0.3) is 0 Å². The first-order valence-corrected chi connectivity index (χ1v) is 7.67. The molecule has 0 atom stereocenters. The monoisotopic (exact) mass is 277 g/mol. The highest BCUT2D eigenvalue weighted by atomic mass is 16.2. The average molecular weight is 277 g/mol. The second-order valence-electron chi connectivity index (χ2n) is 4.90. The van der Waals surface area contributed by atoms with Crippen LogP contribution in [0.15, 0.2) is 18.5 Å². The van der Waals surface area contributed by atoms with Gasteiger partial charge in [-0.25, -0.2) is 0 Å². The van der Waals surface area contributed by atoms with Crippen molar-refractivity contribution in [3.63, 3.8) is 0 Å². The van der Waals surface area contributed by atoms with E-state index in [1.54, 1.807) is 6.20 Å². The first-order chi connectivity index (χ1) is 9.67. The predicted molar refractivity (Wildman–Crippen MR) is 84.3 cm³/mol. The average Bonchev–Trinajstić information content (AvgIpc) is 2.48. The quantitative estimate of drug-likeness (QED) is 0.732. The topological polar surface area (TPSA) is 36.4 Å². The zero-order chi connectivity index (χ0) is 15.0. The lowest BCUT2D eigenvalue weighted by atomic mass is 10.2. The molecular weight excluding hydrogens is 250 g/mol. The molecule has 0 aliphatic heterocycles. The van der Waals surface area contributed by atoms with Gasteiger partial charge < -0.3 is 9.80 Å². The van der Waals surface area contributed by atoms with Gasteiger partial charge >= 0.3 is 0 Å². The Morgan fingerprint density at radius 3 is 2.15 bits per heavy atom. The maximum absolute atomic E-state index is 12.5. The van der Waals surface area contributed by atoms with E-state index in [1.807, 2.05) is 17.2 Å². The normalized spacial score (nSPS) is 10.4. The van der Waals surface area contributed by atoms with Gasteiger partial charge in [0.1, 0.15) is 0 Å². The standard InChI is InChI=1S/C16H27N3O/c1-5-9-19(10-6-2)16(20)14-11-15(13-17-12-14)18(7-3)8-4/h11-13H,5-10H2,1-4H3. The number of nitrogens with zero attached hydrogens (tertiary/aromatic N) is 3. The lowest BCUT2D eigenvalue weighted by Crippen LogP contribution is -2.32. The third kappa shape index (κ3) is 4.22. The van der Waals surface area contributed by atoms with Gasteiger partial charge in [0.2, 0.25) is 0 Å². The van der Waals surface area contributed by atoms with Gasteiger partial charge in [-0.15, -0.1) is 0 Å². The summed E-state index contributed by atoms with van der Waals surface area (Å²) in [6.45, 7) is 11.9. The van der Waals surface area contributed by atoms with Crippen LogP contribution >= 0.6 is 0 Å². The van der Waals surface area contributed by atoms with Crippen LogP contribution in [0.5, 0.6) is 0 Å². The van der Waals surface area contributed by atoms with Crippen LogP contribution in [0.2, 0.25) is 0 Å². The molecule has 0 N–H and O–H groups in total. The molecule has 0 aromatic carbocycles. The molecule has 20 heavy (non-hydrogen) atoms. The highest BCUT2D eigenvalue weighted by Gasteiger charge is 2.15. The number of rotatable bonds is 8. The van der Waals surface area contributed by atoms with E-state index in [0.717, 1.165) is 44.7 Å². The Bertz CT molecular complexity index is 410. The smallest absolute Gasteiger partial charge is 0.255 e. The summed E-state index contributed by atoms with van der Waals surface area (Å²) in [5, 5.41) is 0. The van der Waals surface area contributed by atoms with E-state index < -0.39 is 0 Å². The van der Waals surface area contributed by atoms with E-state index in [-0.39, 0.29) is 5.91 Å². The minimum absolute atomic E-state index is 0.0928. The van der Waals surface area contributed by atoms with E-state index in [4.69, 9.17) is 0 Å². The number of amides is 1.